The molecule has 138 valence electrons. The maximum absolute atomic E-state index is 12.5. The number of hydrogen-bond donors (Lipinski definition) is 3. The Morgan fingerprint density at radius 2 is 1.81 bits per heavy atom. The van der Waals surface area contributed by atoms with Crippen LogP contribution in [0.4, 0.5) is 16.2 Å². The zero-order chi connectivity index (χ0) is 19.6. The van der Waals surface area contributed by atoms with Gasteiger partial charge < -0.3 is 15.5 Å². The zero-order valence-electron chi connectivity index (χ0n) is 13.8. The van der Waals surface area contributed by atoms with Gasteiger partial charge in [-0.1, -0.05) is 18.2 Å². The van der Waals surface area contributed by atoms with Gasteiger partial charge in [0.2, 0.25) is 11.8 Å². The van der Waals surface area contributed by atoms with E-state index < -0.39 is 34.0 Å². The van der Waals surface area contributed by atoms with Gasteiger partial charge in [-0.25, -0.2) is 9.69 Å². The number of aromatic hydroxyl groups is 1. The van der Waals surface area contributed by atoms with Crippen molar-refractivity contribution < 1.29 is 29.4 Å². The number of hydrogen-bond acceptors (Lipinski definition) is 6. The second-order valence-corrected chi connectivity index (χ2v) is 6.82. The van der Waals surface area contributed by atoms with E-state index in [1.165, 1.54) is 6.07 Å². The molecule has 2 aromatic carbocycles. The first-order chi connectivity index (χ1) is 12.9. The third-order valence-corrected chi connectivity index (χ3v) is 4.86. The molecule has 0 aromatic heterocycles. The molecule has 2 aromatic rings. The lowest BCUT2D eigenvalue weighted by atomic mass is 10.1. The fourth-order valence-electron chi connectivity index (χ4n) is 2.57. The molecule has 9 heteroatoms. The summed E-state index contributed by atoms with van der Waals surface area (Å²) in [5, 5.41) is 19.7. The number of carboxylic acid groups (broad SMARTS) is 1. The molecule has 1 atom stereocenters. The van der Waals surface area contributed by atoms with Crippen LogP contribution >= 0.6 is 11.8 Å². The molecule has 0 unspecified atom stereocenters. The molecule has 8 nitrogen and oxygen atoms in total. The van der Waals surface area contributed by atoms with E-state index in [2.05, 4.69) is 5.32 Å². The number of aromatic carboxylic acids is 1. The normalized spacial score (nSPS) is 16.4. The number of rotatable bonds is 5. The van der Waals surface area contributed by atoms with Crippen molar-refractivity contribution in [1.29, 1.82) is 0 Å². The Balaban J connectivity index is 1.66. The van der Waals surface area contributed by atoms with Crippen molar-refractivity contribution in [2.45, 2.75) is 11.7 Å². The SMILES string of the molecule is O=C(C[C@@H]1SC(=O)N(c2ccccc2)C1=O)Nc1ccc(C(=O)O)c(O)c1. The number of thioether (sulfide) groups is 1. The number of para-hydroxylation sites is 1. The van der Waals surface area contributed by atoms with Crippen molar-refractivity contribution in [3.8, 4) is 5.75 Å². The van der Waals surface area contributed by atoms with Crippen LogP contribution in [0.25, 0.3) is 0 Å². The Morgan fingerprint density at radius 1 is 1.11 bits per heavy atom. The van der Waals surface area contributed by atoms with Crippen LogP contribution in [-0.4, -0.2) is 38.5 Å². The van der Waals surface area contributed by atoms with E-state index in [9.17, 15) is 24.3 Å². The Morgan fingerprint density at radius 3 is 2.44 bits per heavy atom. The van der Waals surface area contributed by atoms with Gasteiger partial charge in [-0.2, -0.15) is 0 Å². The molecule has 27 heavy (non-hydrogen) atoms. The standard InChI is InChI=1S/C18H14N2O6S/c21-13-8-10(6-7-12(13)17(24)25)19-15(22)9-14-16(23)20(18(26)27-14)11-4-2-1-3-5-11/h1-8,14,21H,9H2,(H,19,22)(H,24,25)/t14-/m0/s1. The third-order valence-electron chi connectivity index (χ3n) is 3.82. The first-order valence-electron chi connectivity index (χ1n) is 7.82. The topological polar surface area (TPSA) is 124 Å². The molecule has 0 spiro atoms. The van der Waals surface area contributed by atoms with Gasteiger partial charge in [0.15, 0.2) is 0 Å². The molecule has 0 aliphatic carbocycles. The largest absolute Gasteiger partial charge is 0.507 e. The second kappa shape index (κ2) is 7.50. The molecule has 1 saturated heterocycles. The van der Waals surface area contributed by atoms with Crippen LogP contribution < -0.4 is 10.2 Å². The van der Waals surface area contributed by atoms with Crippen LogP contribution in [0, 0.1) is 0 Å². The van der Waals surface area contributed by atoms with E-state index in [-0.39, 0.29) is 17.7 Å². The predicted molar refractivity (Wildman–Crippen MR) is 99.0 cm³/mol. The van der Waals surface area contributed by atoms with E-state index in [0.29, 0.717) is 5.69 Å². The van der Waals surface area contributed by atoms with Crippen molar-refractivity contribution in [2.75, 3.05) is 10.2 Å². The number of imide groups is 1. The van der Waals surface area contributed by atoms with Crippen LogP contribution in [0.2, 0.25) is 0 Å². The number of amides is 3. The molecular weight excluding hydrogens is 372 g/mol. The van der Waals surface area contributed by atoms with E-state index in [4.69, 9.17) is 5.11 Å². The van der Waals surface area contributed by atoms with Gasteiger partial charge in [-0.15, -0.1) is 0 Å². The number of nitrogens with one attached hydrogen (secondary N) is 1. The minimum atomic E-state index is -1.29. The molecular formula is C18H14N2O6S. The number of carboxylic acids is 1. The highest BCUT2D eigenvalue weighted by Gasteiger charge is 2.41. The van der Waals surface area contributed by atoms with Crippen molar-refractivity contribution in [3.63, 3.8) is 0 Å². The number of carbonyl (C=O) groups excluding carboxylic acids is 3. The second-order valence-electron chi connectivity index (χ2n) is 5.67. The summed E-state index contributed by atoms with van der Waals surface area (Å²) in [4.78, 5) is 48.7. The molecule has 0 saturated carbocycles. The lowest BCUT2D eigenvalue weighted by Gasteiger charge is -2.13. The summed E-state index contributed by atoms with van der Waals surface area (Å²) in [6.07, 6.45) is -0.236. The minimum absolute atomic E-state index is 0.184. The number of benzene rings is 2. The Bertz CT molecular complexity index is 931. The van der Waals surface area contributed by atoms with Gasteiger partial charge in [-0.3, -0.25) is 14.4 Å². The van der Waals surface area contributed by atoms with Gasteiger partial charge >= 0.3 is 5.97 Å². The minimum Gasteiger partial charge on any atom is -0.507 e. The summed E-state index contributed by atoms with van der Waals surface area (Å²) in [7, 11) is 0. The molecule has 3 amide bonds. The highest BCUT2D eigenvalue weighted by molar-refractivity contribution is 8.15. The molecule has 1 aliphatic rings. The van der Waals surface area contributed by atoms with E-state index in [0.717, 1.165) is 28.8 Å². The first kappa shape index (κ1) is 18.5. The molecule has 3 N–H and O–H groups in total. The van der Waals surface area contributed by atoms with Crippen LogP contribution in [-0.2, 0) is 9.59 Å². The van der Waals surface area contributed by atoms with Crippen LogP contribution in [0.1, 0.15) is 16.8 Å². The number of phenols is 1. The monoisotopic (exact) mass is 386 g/mol. The van der Waals surface area contributed by atoms with Gasteiger partial charge in [0.05, 0.1) is 5.69 Å². The van der Waals surface area contributed by atoms with Gasteiger partial charge in [0.25, 0.3) is 5.24 Å². The summed E-state index contributed by atoms with van der Waals surface area (Å²) in [5.41, 5.74) is 0.333. The Hall–Kier alpha value is -3.33. The maximum atomic E-state index is 12.5. The number of carbonyl (C=O) groups is 4. The van der Waals surface area contributed by atoms with E-state index in [1.807, 2.05) is 0 Å². The predicted octanol–water partition coefficient (Wildman–Crippen LogP) is 2.69. The third kappa shape index (κ3) is 3.93. The first-order valence-corrected chi connectivity index (χ1v) is 8.70. The summed E-state index contributed by atoms with van der Waals surface area (Å²) in [6.45, 7) is 0. The van der Waals surface area contributed by atoms with Crippen LogP contribution in [0.3, 0.4) is 0 Å². The number of nitrogens with zero attached hydrogens (tertiary/aromatic N) is 1. The summed E-state index contributed by atoms with van der Waals surface area (Å²) >= 11 is 0.775. The highest BCUT2D eigenvalue weighted by Crippen LogP contribution is 2.33. The van der Waals surface area contributed by atoms with Crippen LogP contribution in [0.15, 0.2) is 48.5 Å². The highest BCUT2D eigenvalue weighted by atomic mass is 32.2. The molecule has 0 radical (unpaired) electrons. The average molecular weight is 386 g/mol. The summed E-state index contributed by atoms with van der Waals surface area (Å²) in [6, 6.07) is 12.0. The molecule has 1 fully saturated rings. The number of anilines is 2. The fourth-order valence-corrected chi connectivity index (χ4v) is 3.55. The zero-order valence-corrected chi connectivity index (χ0v) is 14.6. The summed E-state index contributed by atoms with van der Waals surface area (Å²) in [5.74, 6) is -2.80. The molecule has 1 aliphatic heterocycles. The van der Waals surface area contributed by atoms with E-state index in [1.54, 1.807) is 30.3 Å². The smallest absolute Gasteiger partial charge is 0.339 e. The molecule has 1 heterocycles. The molecule has 3 rings (SSSR count). The van der Waals surface area contributed by atoms with Crippen molar-refractivity contribution in [3.05, 3.63) is 54.1 Å². The molecule has 0 bridgehead atoms. The lowest BCUT2D eigenvalue weighted by Crippen LogP contribution is -2.32. The van der Waals surface area contributed by atoms with Gasteiger partial charge in [0, 0.05) is 18.2 Å². The van der Waals surface area contributed by atoms with Crippen LogP contribution in [0.5, 0.6) is 5.75 Å². The lowest BCUT2D eigenvalue weighted by molar-refractivity contribution is -0.121. The summed E-state index contributed by atoms with van der Waals surface area (Å²) < 4.78 is 0. The average Bonchev–Trinajstić information content (AvgIpc) is 2.88. The fraction of sp³-hybridized carbons (Fsp3) is 0.111. The van der Waals surface area contributed by atoms with Crippen molar-refractivity contribution >= 4 is 46.2 Å². The van der Waals surface area contributed by atoms with E-state index >= 15 is 0 Å². The Labute approximate surface area is 157 Å². The maximum Gasteiger partial charge on any atom is 0.339 e. The van der Waals surface area contributed by atoms with Crippen molar-refractivity contribution in [2.24, 2.45) is 0 Å². The quantitative estimate of drug-likeness (QED) is 0.722. The van der Waals surface area contributed by atoms with Gasteiger partial charge in [-0.05, 0) is 36.0 Å². The van der Waals surface area contributed by atoms with Gasteiger partial charge in [0.1, 0.15) is 16.6 Å². The van der Waals surface area contributed by atoms with Crippen molar-refractivity contribution in [1.82, 2.24) is 0 Å². The Kier molecular flexibility index (Phi) is 5.13.